The lowest BCUT2D eigenvalue weighted by atomic mass is 9.13. The maximum Gasteiger partial charge on any atom is 0.209 e. The molecule has 0 aliphatic heterocycles. The van der Waals surface area contributed by atoms with Gasteiger partial charge in [0.15, 0.2) is 15.4 Å². The Morgan fingerprint density at radius 3 is 1.15 bits per heavy atom. The molecule has 2 nitrogen and oxygen atoms in total. The normalized spacial score (nSPS) is 11.3. The highest BCUT2D eigenvalue weighted by Crippen LogP contribution is 2.35. The quantitative estimate of drug-likeness (QED) is 0.0944. The number of hydrogen-bond acceptors (Lipinski definition) is 2. The first kappa shape index (κ1) is 33.8. The molecule has 0 N–H and O–H groups in total. The van der Waals surface area contributed by atoms with Gasteiger partial charge in [0.25, 0.3) is 0 Å². The molecule has 9 rings (SSSR count). The molecular weight excluding hydrogens is 663 g/mol. The van der Waals surface area contributed by atoms with Gasteiger partial charge in [-0.2, -0.15) is 21.9 Å². The lowest BCUT2D eigenvalue weighted by Gasteiger charge is -2.44. The van der Waals surface area contributed by atoms with Gasteiger partial charge in [0.05, 0.1) is 10.8 Å². The van der Waals surface area contributed by atoms with Crippen molar-refractivity contribution in [1.82, 2.24) is 0 Å². The molecule has 1 heterocycles. The number of hydrogen-bond donors (Lipinski definition) is 0. The number of rotatable bonds is 7. The van der Waals surface area contributed by atoms with Crippen LogP contribution in [-0.4, -0.2) is 6.15 Å². The lowest BCUT2D eigenvalue weighted by molar-refractivity contribution is 0.651. The Balaban J connectivity index is 0.000000152. The van der Waals surface area contributed by atoms with E-state index < -0.39 is 6.15 Å². The number of para-hydroxylation sites is 2. The monoisotopic (exact) mass is 700 g/mol. The molecule has 254 valence electrons. The third-order valence-corrected chi connectivity index (χ3v) is 12.2. The van der Waals surface area contributed by atoms with Crippen LogP contribution >= 0.6 is 0 Å². The molecule has 9 aromatic rings. The Morgan fingerprint density at radius 1 is 0.358 bits per heavy atom. The average molecular weight is 701 g/mol. The summed E-state index contributed by atoms with van der Waals surface area (Å²) in [5.74, 6) is 0. The van der Waals surface area contributed by atoms with E-state index in [2.05, 4.69) is 176 Å². The van der Waals surface area contributed by atoms with Gasteiger partial charge in [0, 0.05) is 0 Å². The van der Waals surface area contributed by atoms with Crippen molar-refractivity contribution in [1.29, 1.82) is 0 Å². The predicted octanol–water partition coefficient (Wildman–Crippen LogP) is 9.11. The van der Waals surface area contributed by atoms with Gasteiger partial charge in [-0.25, -0.2) is 0 Å². The zero-order valence-electron chi connectivity index (χ0n) is 29.2. The highest BCUT2D eigenvalue weighted by atomic mass is 32.2. The van der Waals surface area contributed by atoms with Gasteiger partial charge in [0.1, 0.15) is 22.6 Å². The van der Waals surface area contributed by atoms with Crippen molar-refractivity contribution in [2.75, 3.05) is 0 Å². The first-order valence-electron chi connectivity index (χ1n) is 17.9. The molecule has 4 heteroatoms. The summed E-state index contributed by atoms with van der Waals surface area (Å²) in [7, 11) is -0.373. The van der Waals surface area contributed by atoms with Crippen LogP contribution in [-0.2, 0) is 10.9 Å². The lowest BCUT2D eigenvalue weighted by Crippen LogP contribution is -2.74. The van der Waals surface area contributed by atoms with Gasteiger partial charge < -0.3 is 4.42 Å². The fraction of sp³-hybridized carbons (Fsp3) is 0. The van der Waals surface area contributed by atoms with Crippen LogP contribution in [0.15, 0.2) is 248 Å². The van der Waals surface area contributed by atoms with Crippen LogP contribution in [0.4, 0.5) is 0 Å². The van der Waals surface area contributed by atoms with Crippen molar-refractivity contribution in [3.8, 4) is 0 Å². The largest absolute Gasteiger partial charge is 0.450 e. The summed E-state index contributed by atoms with van der Waals surface area (Å²) in [6.07, 6.45) is -1.22. The molecule has 0 unspecified atom stereocenters. The van der Waals surface area contributed by atoms with Gasteiger partial charge in [-0.05, 0) is 48.5 Å². The highest BCUT2D eigenvalue weighted by molar-refractivity contribution is 7.97. The molecule has 0 radical (unpaired) electrons. The van der Waals surface area contributed by atoms with Gasteiger partial charge in [-0.3, -0.25) is 4.79 Å². The second-order valence-corrected chi connectivity index (χ2v) is 15.0. The van der Waals surface area contributed by atoms with Crippen molar-refractivity contribution in [2.45, 2.75) is 14.7 Å². The smallest absolute Gasteiger partial charge is 0.209 e. The molecule has 0 saturated carbocycles. The molecule has 0 spiro atoms. The van der Waals surface area contributed by atoms with Gasteiger partial charge in [-0.1, -0.05) is 176 Å². The fourth-order valence-corrected chi connectivity index (χ4v) is 9.77. The minimum absolute atomic E-state index is 0.0170. The number of benzene rings is 8. The van der Waals surface area contributed by atoms with Crippen LogP contribution in [0.25, 0.3) is 21.9 Å². The zero-order valence-corrected chi connectivity index (χ0v) is 30.0. The van der Waals surface area contributed by atoms with Crippen molar-refractivity contribution in [2.24, 2.45) is 0 Å². The van der Waals surface area contributed by atoms with Crippen LogP contribution in [0.5, 0.6) is 0 Å². The summed E-state index contributed by atoms with van der Waals surface area (Å²) >= 11 is 0. The van der Waals surface area contributed by atoms with E-state index in [9.17, 15) is 4.79 Å². The van der Waals surface area contributed by atoms with Crippen molar-refractivity contribution < 1.29 is 4.42 Å². The third kappa shape index (κ3) is 6.62. The minimum atomic E-state index is -1.22. The van der Waals surface area contributed by atoms with Crippen molar-refractivity contribution >= 4 is 60.8 Å². The number of fused-ring (bicyclic) bond motifs is 2. The van der Waals surface area contributed by atoms with E-state index in [-0.39, 0.29) is 16.3 Å². The van der Waals surface area contributed by atoms with Crippen LogP contribution in [0, 0.1) is 0 Å². The van der Waals surface area contributed by atoms with E-state index in [4.69, 9.17) is 4.42 Å². The second kappa shape index (κ2) is 15.5. The van der Waals surface area contributed by atoms with Gasteiger partial charge in [0.2, 0.25) is 10.3 Å². The molecule has 53 heavy (non-hydrogen) atoms. The fourth-order valence-electron chi connectivity index (χ4n) is 7.58. The molecule has 0 aliphatic rings. The van der Waals surface area contributed by atoms with Crippen molar-refractivity contribution in [3.05, 3.63) is 235 Å². The molecule has 0 aliphatic carbocycles. The summed E-state index contributed by atoms with van der Waals surface area (Å²) in [6, 6.07) is 77.6. The molecule has 1 aromatic heterocycles. The first-order valence-corrected chi connectivity index (χ1v) is 19.1. The van der Waals surface area contributed by atoms with E-state index in [0.717, 1.165) is 4.90 Å². The van der Waals surface area contributed by atoms with E-state index in [1.54, 1.807) is 0 Å². The third-order valence-electron chi connectivity index (χ3n) is 9.94. The molecule has 0 bridgehead atoms. The van der Waals surface area contributed by atoms with Gasteiger partial charge in [-0.15, -0.1) is 0 Å². The maximum atomic E-state index is 13.1. The summed E-state index contributed by atoms with van der Waals surface area (Å²) in [5, 5.41) is 1.24. The highest BCUT2D eigenvalue weighted by Gasteiger charge is 2.33. The summed E-state index contributed by atoms with van der Waals surface area (Å²) in [6.45, 7) is 0. The minimum Gasteiger partial charge on any atom is -0.450 e. The Hall–Kier alpha value is -6.36. The molecule has 0 saturated heterocycles. The van der Waals surface area contributed by atoms with Crippen molar-refractivity contribution in [3.63, 3.8) is 0 Å². The summed E-state index contributed by atoms with van der Waals surface area (Å²) in [5.41, 5.74) is 6.66. The molecule has 0 fully saturated rings. The van der Waals surface area contributed by atoms with E-state index in [1.807, 2.05) is 48.5 Å². The molecule has 0 amide bonds. The van der Waals surface area contributed by atoms with Crippen LogP contribution in [0.2, 0.25) is 0 Å². The van der Waals surface area contributed by atoms with Crippen LogP contribution in [0.3, 0.4) is 0 Å². The average Bonchev–Trinajstić information content (AvgIpc) is 3.24. The Labute approximate surface area is 313 Å². The summed E-state index contributed by atoms with van der Waals surface area (Å²) < 4.78 is 6.29. The maximum absolute atomic E-state index is 13.1. The first-order chi connectivity index (χ1) is 26.2. The van der Waals surface area contributed by atoms with Crippen LogP contribution < -0.4 is 27.3 Å². The van der Waals surface area contributed by atoms with Crippen LogP contribution in [0.1, 0.15) is 0 Å². The van der Waals surface area contributed by atoms with E-state index in [1.165, 1.54) is 31.6 Å². The summed E-state index contributed by atoms with van der Waals surface area (Å²) in [4.78, 5) is 16.5. The zero-order chi connectivity index (χ0) is 35.9. The molecule has 0 atom stereocenters. The second-order valence-electron chi connectivity index (χ2n) is 13.0. The molecule has 8 aromatic carbocycles. The van der Waals surface area contributed by atoms with E-state index >= 15 is 0 Å². The van der Waals surface area contributed by atoms with Gasteiger partial charge >= 0.3 is 0 Å². The molecular formula is C49H37BO2S. The predicted molar refractivity (Wildman–Crippen MR) is 225 cm³/mol. The van der Waals surface area contributed by atoms with E-state index in [0.29, 0.717) is 21.9 Å². The Kier molecular flexibility index (Phi) is 9.87. The SMILES string of the molecule is O=c1c2ccccc2oc2c([S+](c3ccccc3)c3ccccc3)cccc12.c1ccc([B-](c2ccccc2)(c2ccccc2)c2ccccc2)cc1. The Bertz CT molecular complexity index is 2410. The topological polar surface area (TPSA) is 30.2 Å². The standard InChI is InChI=1S/C25H17O2S.C24H20B/c26-24-20-14-7-8-16-22(20)27-25-21(24)15-9-17-23(25)28(18-10-3-1-4-11-18)19-12-5-2-6-13-19;1-5-13-21(14-6-1)25(22-15-7-2-8-16-22,23-17-9-3-10-18-23)24-19-11-4-12-20-24/h1-17H;1-20H/q+1;-1. The Morgan fingerprint density at radius 2 is 0.717 bits per heavy atom.